The summed E-state index contributed by atoms with van der Waals surface area (Å²) in [5.74, 6) is 0. The zero-order valence-electron chi connectivity index (χ0n) is 10.3. The van der Waals surface area contributed by atoms with Gasteiger partial charge in [0.05, 0.1) is 0 Å². The number of nitrogens with zero attached hydrogens (tertiary/aromatic N) is 3. The third-order valence-electron chi connectivity index (χ3n) is 2.29. The summed E-state index contributed by atoms with van der Waals surface area (Å²) in [5, 5.41) is 0. The van der Waals surface area contributed by atoms with Crippen LogP contribution in [0.2, 0.25) is 0 Å². The average Bonchev–Trinajstić information content (AvgIpc) is 2.30. The zero-order valence-corrected chi connectivity index (χ0v) is 10.3. The first kappa shape index (κ1) is 14.4. The number of imide groups is 2. The molecule has 0 atom stereocenters. The lowest BCUT2D eigenvalue weighted by Crippen LogP contribution is -2.50. The van der Waals surface area contributed by atoms with Crippen molar-refractivity contribution < 1.29 is 14.4 Å². The van der Waals surface area contributed by atoms with E-state index in [1.165, 1.54) is 4.90 Å². The second-order valence-corrected chi connectivity index (χ2v) is 3.22. The fourth-order valence-corrected chi connectivity index (χ4v) is 1.10. The molecule has 0 rings (SSSR count). The van der Waals surface area contributed by atoms with E-state index in [0.29, 0.717) is 13.0 Å². The van der Waals surface area contributed by atoms with Crippen LogP contribution in [-0.4, -0.2) is 59.9 Å². The molecule has 6 nitrogen and oxygen atoms in total. The number of carbonyl (C=O) groups is 3. The molecule has 0 fully saturated rings. The van der Waals surface area contributed by atoms with E-state index in [9.17, 15) is 14.4 Å². The van der Waals surface area contributed by atoms with Crippen molar-refractivity contribution in [2.45, 2.75) is 20.8 Å². The summed E-state index contributed by atoms with van der Waals surface area (Å²) in [5.41, 5.74) is 0. The Hall–Kier alpha value is -1.59. The summed E-state index contributed by atoms with van der Waals surface area (Å²) in [6, 6.07) is -0.972. The quantitative estimate of drug-likeness (QED) is 0.675. The van der Waals surface area contributed by atoms with Gasteiger partial charge in [-0.05, 0) is 20.8 Å². The van der Waals surface area contributed by atoms with E-state index in [2.05, 4.69) is 0 Å². The highest BCUT2D eigenvalue weighted by molar-refractivity contribution is 5.97. The second-order valence-electron chi connectivity index (χ2n) is 3.22. The SMILES string of the molecule is CCN(C)C(=O)N(CC)C(=O)N(C=O)CC. The van der Waals surface area contributed by atoms with Gasteiger partial charge in [0.15, 0.2) is 0 Å². The Balaban J connectivity index is 4.78. The van der Waals surface area contributed by atoms with Crippen LogP contribution >= 0.6 is 0 Å². The first-order valence-electron chi connectivity index (χ1n) is 5.31. The number of carbonyl (C=O) groups excluding carboxylic acids is 3. The first-order chi connectivity index (χ1) is 7.53. The maximum atomic E-state index is 11.8. The van der Waals surface area contributed by atoms with Gasteiger partial charge in [-0.25, -0.2) is 14.5 Å². The Morgan fingerprint density at radius 2 is 1.56 bits per heavy atom. The van der Waals surface area contributed by atoms with Crippen molar-refractivity contribution in [3.63, 3.8) is 0 Å². The Morgan fingerprint density at radius 3 is 1.88 bits per heavy atom. The van der Waals surface area contributed by atoms with Crippen LogP contribution in [0.15, 0.2) is 0 Å². The minimum Gasteiger partial charge on any atom is -0.328 e. The number of hydrogen-bond donors (Lipinski definition) is 0. The molecule has 0 aromatic carbocycles. The molecular weight excluding hydrogens is 210 g/mol. The van der Waals surface area contributed by atoms with Crippen molar-refractivity contribution in [2.24, 2.45) is 0 Å². The van der Waals surface area contributed by atoms with Crippen LogP contribution in [0.3, 0.4) is 0 Å². The highest BCUT2D eigenvalue weighted by Gasteiger charge is 2.25. The van der Waals surface area contributed by atoms with Gasteiger partial charge in [-0.3, -0.25) is 9.69 Å². The molecule has 0 spiro atoms. The molecule has 0 aliphatic rings. The van der Waals surface area contributed by atoms with Gasteiger partial charge in [-0.15, -0.1) is 0 Å². The molecule has 0 aliphatic heterocycles. The van der Waals surface area contributed by atoms with Crippen LogP contribution in [0.1, 0.15) is 20.8 Å². The second kappa shape index (κ2) is 6.81. The normalized spacial score (nSPS) is 9.50. The summed E-state index contributed by atoms with van der Waals surface area (Å²) >= 11 is 0. The van der Waals surface area contributed by atoms with Crippen molar-refractivity contribution in [2.75, 3.05) is 26.7 Å². The van der Waals surface area contributed by atoms with E-state index in [-0.39, 0.29) is 13.1 Å². The number of amides is 5. The average molecular weight is 229 g/mol. The minimum absolute atomic E-state index is 0.242. The highest BCUT2D eigenvalue weighted by atomic mass is 16.2. The Morgan fingerprint density at radius 1 is 1.00 bits per heavy atom. The maximum absolute atomic E-state index is 11.8. The number of rotatable bonds is 4. The monoisotopic (exact) mass is 229 g/mol. The van der Waals surface area contributed by atoms with E-state index in [1.807, 2.05) is 6.92 Å². The third kappa shape index (κ3) is 3.22. The molecule has 0 aromatic rings. The molecule has 0 radical (unpaired) electrons. The smallest absolute Gasteiger partial charge is 0.328 e. The topological polar surface area (TPSA) is 60.9 Å². The molecule has 0 N–H and O–H groups in total. The van der Waals surface area contributed by atoms with Gasteiger partial charge < -0.3 is 4.90 Å². The summed E-state index contributed by atoms with van der Waals surface area (Å²) in [6.07, 6.45) is 0.435. The Bertz CT molecular complexity index is 268. The lowest BCUT2D eigenvalue weighted by atomic mass is 10.5. The number of hydrogen-bond acceptors (Lipinski definition) is 3. The third-order valence-corrected chi connectivity index (χ3v) is 2.29. The number of urea groups is 2. The summed E-state index contributed by atoms with van der Waals surface area (Å²) < 4.78 is 0. The predicted octanol–water partition coefficient (Wildman–Crippen LogP) is 0.978. The van der Waals surface area contributed by atoms with Gasteiger partial charge in [-0.2, -0.15) is 0 Å². The summed E-state index contributed by atoms with van der Waals surface area (Å²) in [4.78, 5) is 37.6. The van der Waals surface area contributed by atoms with Crippen molar-refractivity contribution in [3.8, 4) is 0 Å². The molecule has 0 bridgehead atoms. The first-order valence-corrected chi connectivity index (χ1v) is 5.31. The highest BCUT2D eigenvalue weighted by Crippen LogP contribution is 2.01. The molecule has 16 heavy (non-hydrogen) atoms. The van der Waals surface area contributed by atoms with Crippen LogP contribution in [0.25, 0.3) is 0 Å². The molecule has 0 heterocycles. The van der Waals surface area contributed by atoms with Gasteiger partial charge in [0.2, 0.25) is 6.41 Å². The van der Waals surface area contributed by atoms with Crippen molar-refractivity contribution in [1.29, 1.82) is 0 Å². The molecule has 0 aliphatic carbocycles. The standard InChI is InChI=1S/C10H19N3O3/c1-5-11(4)9(15)13(7-3)10(16)12(6-2)8-14/h8H,5-7H2,1-4H3. The van der Waals surface area contributed by atoms with Crippen LogP contribution in [-0.2, 0) is 4.79 Å². The molecule has 0 unspecified atom stereocenters. The van der Waals surface area contributed by atoms with Crippen LogP contribution in [0.5, 0.6) is 0 Å². The molecule has 0 aromatic heterocycles. The van der Waals surface area contributed by atoms with Gasteiger partial charge in [0.1, 0.15) is 0 Å². The largest absolute Gasteiger partial charge is 0.334 e. The van der Waals surface area contributed by atoms with E-state index >= 15 is 0 Å². The minimum atomic E-state index is -0.578. The van der Waals surface area contributed by atoms with Gasteiger partial charge in [0.25, 0.3) is 0 Å². The van der Waals surface area contributed by atoms with Crippen LogP contribution in [0, 0.1) is 0 Å². The van der Waals surface area contributed by atoms with Gasteiger partial charge in [0, 0.05) is 26.7 Å². The van der Waals surface area contributed by atoms with E-state index in [1.54, 1.807) is 20.9 Å². The van der Waals surface area contributed by atoms with Gasteiger partial charge >= 0.3 is 12.1 Å². The van der Waals surface area contributed by atoms with Crippen LogP contribution < -0.4 is 0 Å². The predicted molar refractivity (Wildman–Crippen MR) is 59.9 cm³/mol. The van der Waals surface area contributed by atoms with Crippen molar-refractivity contribution in [3.05, 3.63) is 0 Å². The lowest BCUT2D eigenvalue weighted by Gasteiger charge is -2.27. The molecular formula is C10H19N3O3. The van der Waals surface area contributed by atoms with Crippen molar-refractivity contribution in [1.82, 2.24) is 14.7 Å². The van der Waals surface area contributed by atoms with Crippen LogP contribution in [0.4, 0.5) is 9.59 Å². The van der Waals surface area contributed by atoms with Crippen molar-refractivity contribution >= 4 is 18.5 Å². The molecule has 92 valence electrons. The Kier molecular flexibility index (Phi) is 6.14. The fourth-order valence-electron chi connectivity index (χ4n) is 1.10. The lowest BCUT2D eigenvalue weighted by molar-refractivity contribution is -0.115. The van der Waals surface area contributed by atoms with E-state index < -0.39 is 12.1 Å². The molecule has 0 saturated carbocycles. The van der Waals surface area contributed by atoms with E-state index in [0.717, 1.165) is 9.80 Å². The maximum Gasteiger partial charge on any atom is 0.334 e. The molecule has 5 amide bonds. The van der Waals surface area contributed by atoms with E-state index in [4.69, 9.17) is 0 Å². The zero-order chi connectivity index (χ0) is 12.7. The summed E-state index contributed by atoms with van der Waals surface area (Å²) in [6.45, 7) is 6.18. The van der Waals surface area contributed by atoms with Gasteiger partial charge in [-0.1, -0.05) is 0 Å². The molecule has 0 saturated heterocycles. The Labute approximate surface area is 95.8 Å². The summed E-state index contributed by atoms with van der Waals surface area (Å²) in [7, 11) is 1.61. The molecule has 6 heteroatoms. The fraction of sp³-hybridized carbons (Fsp3) is 0.700.